The molecule has 1 aliphatic heterocycles. The van der Waals surface area contributed by atoms with Crippen LogP contribution in [0.3, 0.4) is 0 Å². The van der Waals surface area contributed by atoms with E-state index in [1.165, 1.54) is 0 Å². The fourth-order valence-corrected chi connectivity index (χ4v) is 2.47. The van der Waals surface area contributed by atoms with Crippen LogP contribution < -0.4 is 20.1 Å². The molecule has 0 aromatic heterocycles. The summed E-state index contributed by atoms with van der Waals surface area (Å²) < 4.78 is 10.8. The molecular formula is C17H25ClN2O4. The summed E-state index contributed by atoms with van der Waals surface area (Å²) in [6.07, 6.45) is 3.49. The van der Waals surface area contributed by atoms with Crippen molar-refractivity contribution in [3.63, 3.8) is 0 Å². The molecule has 0 spiro atoms. The minimum Gasteiger partial charge on any atom is -0.493 e. The van der Waals surface area contributed by atoms with E-state index in [0.717, 1.165) is 5.56 Å². The Balaban J connectivity index is 0.00000288. The van der Waals surface area contributed by atoms with Gasteiger partial charge in [0.15, 0.2) is 18.1 Å². The van der Waals surface area contributed by atoms with Gasteiger partial charge in [-0.2, -0.15) is 0 Å². The summed E-state index contributed by atoms with van der Waals surface area (Å²) >= 11 is 0. The molecule has 6 nitrogen and oxygen atoms in total. The number of allylic oxidation sites excluding steroid dienone is 1. The molecule has 2 atom stereocenters. The maximum absolute atomic E-state index is 11.9. The number of halogens is 1. The molecule has 1 aromatic carbocycles. The van der Waals surface area contributed by atoms with Crippen LogP contribution in [0, 0.1) is 5.92 Å². The SMILES string of the molecule is C/C=C/c1ccc(OCC(=O)NCC2CNCC2O)c(OC)c1.Cl. The molecule has 1 aliphatic rings. The highest BCUT2D eigenvalue weighted by Crippen LogP contribution is 2.28. The summed E-state index contributed by atoms with van der Waals surface area (Å²) in [7, 11) is 1.57. The molecule has 24 heavy (non-hydrogen) atoms. The molecule has 0 bridgehead atoms. The number of hydrogen-bond donors (Lipinski definition) is 3. The second-order valence-corrected chi connectivity index (χ2v) is 5.49. The average molecular weight is 357 g/mol. The molecule has 1 amide bonds. The number of β-amino-alcohol motifs (C(OH)–C–C–N with tert-alkyl or cyclic N) is 1. The van der Waals surface area contributed by atoms with Crippen LogP contribution in [-0.4, -0.2) is 50.5 Å². The molecule has 0 saturated carbocycles. The molecule has 2 rings (SSSR count). The van der Waals surface area contributed by atoms with Crippen molar-refractivity contribution in [1.29, 1.82) is 0 Å². The van der Waals surface area contributed by atoms with E-state index in [9.17, 15) is 9.90 Å². The lowest BCUT2D eigenvalue weighted by Gasteiger charge is -2.15. The van der Waals surface area contributed by atoms with Crippen LogP contribution in [0.2, 0.25) is 0 Å². The zero-order valence-corrected chi connectivity index (χ0v) is 14.8. The summed E-state index contributed by atoms with van der Waals surface area (Å²) in [6.45, 7) is 3.58. The highest BCUT2D eigenvalue weighted by Gasteiger charge is 2.25. The number of amides is 1. The normalized spacial score (nSPS) is 19.8. The van der Waals surface area contributed by atoms with Crippen molar-refractivity contribution < 1.29 is 19.4 Å². The molecule has 1 saturated heterocycles. The second kappa shape index (κ2) is 10.2. The first-order valence-electron chi connectivity index (χ1n) is 7.73. The number of benzene rings is 1. The Morgan fingerprint density at radius 3 is 2.83 bits per heavy atom. The van der Waals surface area contributed by atoms with E-state index in [2.05, 4.69) is 10.6 Å². The van der Waals surface area contributed by atoms with Gasteiger partial charge in [0.2, 0.25) is 0 Å². The van der Waals surface area contributed by atoms with Gasteiger partial charge in [-0.3, -0.25) is 4.79 Å². The minimum absolute atomic E-state index is 0. The number of hydrogen-bond acceptors (Lipinski definition) is 5. The van der Waals surface area contributed by atoms with Crippen LogP contribution in [0.25, 0.3) is 6.08 Å². The molecule has 1 aromatic rings. The Hall–Kier alpha value is -1.76. The van der Waals surface area contributed by atoms with Gasteiger partial charge in [-0.1, -0.05) is 18.2 Å². The summed E-state index contributed by atoms with van der Waals surface area (Å²) in [4.78, 5) is 11.9. The van der Waals surface area contributed by atoms with Crippen LogP contribution in [0.1, 0.15) is 12.5 Å². The van der Waals surface area contributed by atoms with Crippen LogP contribution in [-0.2, 0) is 4.79 Å². The first-order valence-corrected chi connectivity index (χ1v) is 7.73. The van der Waals surface area contributed by atoms with Gasteiger partial charge in [-0.05, 0) is 24.6 Å². The predicted molar refractivity (Wildman–Crippen MR) is 95.8 cm³/mol. The van der Waals surface area contributed by atoms with Crippen molar-refractivity contribution in [2.75, 3.05) is 33.4 Å². The monoisotopic (exact) mass is 356 g/mol. The van der Waals surface area contributed by atoms with E-state index in [-0.39, 0.29) is 30.8 Å². The molecule has 7 heteroatoms. The lowest BCUT2D eigenvalue weighted by atomic mass is 10.1. The molecule has 0 aliphatic carbocycles. The zero-order chi connectivity index (χ0) is 16.7. The highest BCUT2D eigenvalue weighted by atomic mass is 35.5. The molecule has 0 radical (unpaired) electrons. The van der Waals surface area contributed by atoms with Crippen LogP contribution in [0.5, 0.6) is 11.5 Å². The van der Waals surface area contributed by atoms with E-state index in [4.69, 9.17) is 9.47 Å². The van der Waals surface area contributed by atoms with Crippen molar-refractivity contribution >= 4 is 24.4 Å². The number of aliphatic hydroxyl groups is 1. The summed E-state index contributed by atoms with van der Waals surface area (Å²) in [5.74, 6) is 0.944. The number of methoxy groups -OCH3 is 1. The molecule has 2 unspecified atom stereocenters. The molecule has 3 N–H and O–H groups in total. The quantitative estimate of drug-likeness (QED) is 0.684. The maximum Gasteiger partial charge on any atom is 0.257 e. The van der Waals surface area contributed by atoms with Gasteiger partial charge in [0, 0.05) is 25.6 Å². The first-order chi connectivity index (χ1) is 11.1. The minimum atomic E-state index is -0.407. The van der Waals surface area contributed by atoms with Crippen molar-refractivity contribution in [3.05, 3.63) is 29.8 Å². The predicted octanol–water partition coefficient (Wildman–Crippen LogP) is 1.23. The highest BCUT2D eigenvalue weighted by molar-refractivity contribution is 5.85. The largest absolute Gasteiger partial charge is 0.493 e. The van der Waals surface area contributed by atoms with Crippen molar-refractivity contribution in [1.82, 2.24) is 10.6 Å². The zero-order valence-electron chi connectivity index (χ0n) is 14.0. The number of carbonyl (C=O) groups is 1. The van der Waals surface area contributed by atoms with E-state index in [1.54, 1.807) is 13.2 Å². The third-order valence-corrected chi connectivity index (χ3v) is 3.77. The van der Waals surface area contributed by atoms with E-state index in [1.807, 2.05) is 31.2 Å². The van der Waals surface area contributed by atoms with Gasteiger partial charge in [0.05, 0.1) is 13.2 Å². The second-order valence-electron chi connectivity index (χ2n) is 5.49. The Labute approximate surface area is 148 Å². The van der Waals surface area contributed by atoms with Gasteiger partial charge in [0.25, 0.3) is 5.91 Å². The van der Waals surface area contributed by atoms with Gasteiger partial charge in [-0.15, -0.1) is 12.4 Å². The number of nitrogens with one attached hydrogen (secondary N) is 2. The third kappa shape index (κ3) is 5.70. The lowest BCUT2D eigenvalue weighted by molar-refractivity contribution is -0.123. The van der Waals surface area contributed by atoms with Crippen LogP contribution in [0.15, 0.2) is 24.3 Å². The molecule has 1 heterocycles. The van der Waals surface area contributed by atoms with Crippen LogP contribution >= 0.6 is 12.4 Å². The Morgan fingerprint density at radius 1 is 1.42 bits per heavy atom. The maximum atomic E-state index is 11.9. The van der Waals surface area contributed by atoms with Crippen LogP contribution in [0.4, 0.5) is 0 Å². The van der Waals surface area contributed by atoms with E-state index in [0.29, 0.717) is 31.1 Å². The first kappa shape index (κ1) is 20.3. The topological polar surface area (TPSA) is 79.8 Å². The van der Waals surface area contributed by atoms with E-state index >= 15 is 0 Å². The number of rotatable bonds is 7. The smallest absolute Gasteiger partial charge is 0.257 e. The lowest BCUT2D eigenvalue weighted by Crippen LogP contribution is -2.36. The Morgan fingerprint density at radius 2 is 2.21 bits per heavy atom. The van der Waals surface area contributed by atoms with Gasteiger partial charge in [-0.25, -0.2) is 0 Å². The molecule has 1 fully saturated rings. The Bertz CT molecular complexity index is 566. The number of aliphatic hydroxyl groups excluding tert-OH is 1. The number of ether oxygens (including phenoxy) is 2. The van der Waals surface area contributed by atoms with Gasteiger partial charge >= 0.3 is 0 Å². The molecular weight excluding hydrogens is 332 g/mol. The summed E-state index contributed by atoms with van der Waals surface area (Å²) in [5.41, 5.74) is 1.00. The van der Waals surface area contributed by atoms with Gasteiger partial charge in [0.1, 0.15) is 0 Å². The summed E-state index contributed by atoms with van der Waals surface area (Å²) in [5, 5.41) is 15.5. The van der Waals surface area contributed by atoms with Crippen molar-refractivity contribution in [2.24, 2.45) is 5.92 Å². The van der Waals surface area contributed by atoms with Gasteiger partial charge < -0.3 is 25.2 Å². The molecule has 134 valence electrons. The van der Waals surface area contributed by atoms with Crippen molar-refractivity contribution in [2.45, 2.75) is 13.0 Å². The third-order valence-electron chi connectivity index (χ3n) is 3.77. The number of carbonyl (C=O) groups excluding carboxylic acids is 1. The Kier molecular flexibility index (Phi) is 8.60. The fraction of sp³-hybridized carbons (Fsp3) is 0.471. The van der Waals surface area contributed by atoms with E-state index < -0.39 is 6.10 Å². The fourth-order valence-electron chi connectivity index (χ4n) is 2.47. The van der Waals surface area contributed by atoms with Crippen molar-refractivity contribution in [3.8, 4) is 11.5 Å². The standard InChI is InChI=1S/C17H24N2O4.ClH/c1-3-4-12-5-6-15(16(7-12)22-2)23-11-17(21)19-9-13-8-18-10-14(13)20;/h3-7,13-14,18,20H,8-11H2,1-2H3,(H,19,21);1H/b4-3+;. The average Bonchev–Trinajstić information content (AvgIpc) is 2.97. The summed E-state index contributed by atoms with van der Waals surface area (Å²) in [6, 6.07) is 5.54.